The molecule has 182 valence electrons. The number of nitrogens with zero attached hydrogens (tertiary/aromatic N) is 1. The maximum absolute atomic E-state index is 10.1. The average molecular weight is 472 g/mol. The summed E-state index contributed by atoms with van der Waals surface area (Å²) in [4.78, 5) is 2.44. The minimum Gasteiger partial charge on any atom is -0.508 e. The van der Waals surface area contributed by atoms with Crippen LogP contribution in [-0.2, 0) is 0 Å². The Morgan fingerprint density at radius 3 is 2.31 bits per heavy atom. The van der Waals surface area contributed by atoms with E-state index < -0.39 is 0 Å². The molecule has 2 heterocycles. The number of hydrogen-bond acceptors (Lipinski definition) is 5. The van der Waals surface area contributed by atoms with Crippen molar-refractivity contribution in [2.24, 2.45) is 5.92 Å². The number of phenols is 2. The van der Waals surface area contributed by atoms with E-state index in [1.807, 2.05) is 30.3 Å². The maximum atomic E-state index is 10.1. The highest BCUT2D eigenvalue weighted by Crippen LogP contribution is 2.48. The Morgan fingerprint density at radius 1 is 0.914 bits per heavy atom. The summed E-state index contributed by atoms with van der Waals surface area (Å²) in [6, 6.07) is 20.7. The Hall–Kier alpha value is -3.44. The van der Waals surface area contributed by atoms with E-state index >= 15 is 0 Å². The van der Waals surface area contributed by atoms with Crippen molar-refractivity contribution in [3.05, 3.63) is 83.4 Å². The topological polar surface area (TPSA) is 62.2 Å². The molecular weight excluding hydrogens is 438 g/mol. The fourth-order valence-corrected chi connectivity index (χ4v) is 5.08. The van der Waals surface area contributed by atoms with Crippen LogP contribution in [0.15, 0.2) is 66.7 Å². The number of hydrogen-bond donors (Lipinski definition) is 2. The van der Waals surface area contributed by atoms with Gasteiger partial charge < -0.3 is 19.7 Å². The average Bonchev–Trinajstić information content (AvgIpc) is 2.85. The van der Waals surface area contributed by atoms with Crippen molar-refractivity contribution in [3.8, 4) is 23.0 Å². The molecule has 0 radical (unpaired) electrons. The van der Waals surface area contributed by atoms with E-state index in [1.165, 1.54) is 25.1 Å². The summed E-state index contributed by atoms with van der Waals surface area (Å²) >= 11 is 0. The molecule has 35 heavy (non-hydrogen) atoms. The minimum absolute atomic E-state index is 0.183. The van der Waals surface area contributed by atoms with Gasteiger partial charge in [-0.1, -0.05) is 44.5 Å². The maximum Gasteiger partial charge on any atom is 0.150 e. The van der Waals surface area contributed by atoms with Gasteiger partial charge in [-0.05, 0) is 65.4 Å². The predicted octanol–water partition coefficient (Wildman–Crippen LogP) is 6.27. The molecule has 1 atom stereocenters. The van der Waals surface area contributed by atoms with Crippen LogP contribution in [0.3, 0.4) is 0 Å². The van der Waals surface area contributed by atoms with Gasteiger partial charge >= 0.3 is 0 Å². The zero-order valence-corrected chi connectivity index (χ0v) is 20.4. The van der Waals surface area contributed by atoms with E-state index in [0.29, 0.717) is 12.4 Å². The van der Waals surface area contributed by atoms with E-state index in [9.17, 15) is 10.2 Å². The fourth-order valence-electron chi connectivity index (χ4n) is 5.08. The highest BCUT2D eigenvalue weighted by atomic mass is 16.5. The summed E-state index contributed by atoms with van der Waals surface area (Å²) in [6.45, 7) is 8.39. The Labute approximate surface area is 207 Å². The second-order valence-electron chi connectivity index (χ2n) is 9.42. The third-order valence-corrected chi connectivity index (χ3v) is 7.12. The van der Waals surface area contributed by atoms with Gasteiger partial charge in [0.15, 0.2) is 0 Å². The number of benzene rings is 3. The van der Waals surface area contributed by atoms with Crippen molar-refractivity contribution < 1.29 is 19.7 Å². The molecule has 0 aromatic heterocycles. The molecule has 5 heteroatoms. The first-order valence-corrected chi connectivity index (χ1v) is 12.5. The van der Waals surface area contributed by atoms with Gasteiger partial charge in [-0.25, -0.2) is 0 Å². The highest BCUT2D eigenvalue weighted by molar-refractivity contribution is 5.96. The summed E-state index contributed by atoms with van der Waals surface area (Å²) in [5.74, 6) is 2.79. The summed E-state index contributed by atoms with van der Waals surface area (Å²) < 4.78 is 12.5. The number of aromatic hydroxyl groups is 2. The number of likely N-dealkylation sites (tertiary alicyclic amines) is 1. The Morgan fingerprint density at radius 2 is 1.63 bits per heavy atom. The minimum atomic E-state index is -0.343. The number of fused-ring (bicyclic) bond motifs is 1. The Balaban J connectivity index is 1.40. The zero-order chi connectivity index (χ0) is 24.4. The van der Waals surface area contributed by atoms with Crippen molar-refractivity contribution >= 4 is 11.1 Å². The predicted molar refractivity (Wildman–Crippen MR) is 139 cm³/mol. The molecule has 5 nitrogen and oxygen atoms in total. The first-order valence-electron chi connectivity index (χ1n) is 12.5. The van der Waals surface area contributed by atoms with Crippen molar-refractivity contribution in [3.63, 3.8) is 0 Å². The second kappa shape index (κ2) is 10.0. The first kappa shape index (κ1) is 23.3. The van der Waals surface area contributed by atoms with Crippen LogP contribution >= 0.6 is 0 Å². The lowest BCUT2D eigenvalue weighted by Gasteiger charge is -2.38. The molecule has 5 rings (SSSR count). The molecule has 0 aliphatic carbocycles. The van der Waals surface area contributed by atoms with E-state index in [4.69, 9.17) is 9.47 Å². The van der Waals surface area contributed by atoms with Gasteiger partial charge in [0.05, 0.1) is 0 Å². The monoisotopic (exact) mass is 471 g/mol. The van der Waals surface area contributed by atoms with E-state index in [0.717, 1.165) is 46.9 Å². The fraction of sp³-hybridized carbons (Fsp3) is 0.333. The van der Waals surface area contributed by atoms with Gasteiger partial charge in [0.1, 0.15) is 35.7 Å². The lowest BCUT2D eigenvalue weighted by Crippen LogP contribution is -2.47. The molecule has 3 aromatic carbocycles. The molecule has 1 fully saturated rings. The summed E-state index contributed by atoms with van der Waals surface area (Å²) in [7, 11) is 0. The second-order valence-corrected chi connectivity index (χ2v) is 9.42. The van der Waals surface area contributed by atoms with Gasteiger partial charge in [-0.15, -0.1) is 0 Å². The molecule has 0 spiro atoms. The van der Waals surface area contributed by atoms with Crippen LogP contribution in [0.5, 0.6) is 23.0 Å². The Bertz CT molecular complexity index is 1190. The third kappa shape index (κ3) is 4.87. The summed E-state index contributed by atoms with van der Waals surface area (Å²) in [5.41, 5.74) is 5.24. The lowest BCUT2D eigenvalue weighted by molar-refractivity contribution is 0.0806. The molecule has 3 aromatic rings. The normalized spacial score (nSPS) is 18.1. The van der Waals surface area contributed by atoms with E-state index in [-0.39, 0.29) is 17.6 Å². The van der Waals surface area contributed by atoms with Crippen LogP contribution in [0.4, 0.5) is 0 Å². The molecule has 2 aliphatic heterocycles. The van der Waals surface area contributed by atoms with Crippen LogP contribution < -0.4 is 9.47 Å². The molecule has 2 N–H and O–H groups in total. The van der Waals surface area contributed by atoms with Gasteiger partial charge in [-0.2, -0.15) is 0 Å². The molecule has 0 unspecified atom stereocenters. The SMILES string of the molecule is CCC1=C(c2ccc(O)cc2)[C@H](c2ccc(OCCN3CC(CC)C3)cc2)Oc2cc(O)ccc21. The van der Waals surface area contributed by atoms with Crippen LogP contribution in [-0.4, -0.2) is 41.4 Å². The number of rotatable bonds is 8. The van der Waals surface area contributed by atoms with E-state index in [2.05, 4.69) is 30.9 Å². The molecule has 1 saturated heterocycles. The van der Waals surface area contributed by atoms with Gasteiger partial charge in [-0.3, -0.25) is 4.90 Å². The number of allylic oxidation sites excluding steroid dienone is 1. The molecule has 2 aliphatic rings. The third-order valence-electron chi connectivity index (χ3n) is 7.12. The number of phenolic OH excluding ortho intramolecular Hbond substituents is 2. The zero-order valence-electron chi connectivity index (χ0n) is 20.4. The summed E-state index contributed by atoms with van der Waals surface area (Å²) in [6.07, 6.45) is 1.72. The van der Waals surface area contributed by atoms with Gasteiger partial charge in [0.2, 0.25) is 0 Å². The molecule has 0 amide bonds. The van der Waals surface area contributed by atoms with Crippen LogP contribution in [0.1, 0.15) is 49.5 Å². The smallest absolute Gasteiger partial charge is 0.150 e. The molecule has 0 saturated carbocycles. The summed E-state index contributed by atoms with van der Waals surface area (Å²) in [5, 5.41) is 19.9. The van der Waals surface area contributed by atoms with Gasteiger partial charge in [0, 0.05) is 36.8 Å². The highest BCUT2D eigenvalue weighted by Gasteiger charge is 2.30. The Kier molecular flexibility index (Phi) is 6.69. The van der Waals surface area contributed by atoms with Crippen molar-refractivity contribution in [2.75, 3.05) is 26.2 Å². The van der Waals surface area contributed by atoms with Crippen molar-refractivity contribution in [2.45, 2.75) is 32.8 Å². The van der Waals surface area contributed by atoms with Crippen molar-refractivity contribution in [1.29, 1.82) is 0 Å². The van der Waals surface area contributed by atoms with Crippen LogP contribution in [0.2, 0.25) is 0 Å². The quantitative estimate of drug-likeness (QED) is 0.405. The van der Waals surface area contributed by atoms with Gasteiger partial charge in [0.25, 0.3) is 0 Å². The molecular formula is C30H33NO4. The number of ether oxygens (including phenoxy) is 2. The largest absolute Gasteiger partial charge is 0.508 e. The standard InChI is InChI=1S/C30H33NO4/c1-3-20-18-31(19-20)15-16-34-25-12-7-22(8-13-25)30-29(21-5-9-23(32)10-6-21)26(4-2)27-14-11-24(33)17-28(27)35-30/h5-14,17,20,30,32-33H,3-4,15-16,18-19H2,1-2H3/t30-/m0/s1. The first-order chi connectivity index (χ1) is 17.1. The lowest BCUT2D eigenvalue weighted by atomic mass is 9.84. The van der Waals surface area contributed by atoms with Crippen molar-refractivity contribution in [1.82, 2.24) is 4.90 Å². The van der Waals surface area contributed by atoms with Crippen LogP contribution in [0.25, 0.3) is 11.1 Å². The van der Waals surface area contributed by atoms with Crippen LogP contribution in [0, 0.1) is 5.92 Å². The van der Waals surface area contributed by atoms with E-state index in [1.54, 1.807) is 24.3 Å². The molecule has 0 bridgehead atoms.